The second-order valence-electron chi connectivity index (χ2n) is 5.27. The third-order valence-corrected chi connectivity index (χ3v) is 3.42. The fourth-order valence-corrected chi connectivity index (χ4v) is 2.18. The van der Waals surface area contributed by atoms with Crippen LogP contribution in [-0.2, 0) is 0 Å². The molecule has 0 aliphatic heterocycles. The predicted octanol–water partition coefficient (Wildman–Crippen LogP) is 3.97. The lowest BCUT2D eigenvalue weighted by Crippen LogP contribution is -2.10. The SMILES string of the molecule is CN(C)c1cccc(C(C#N)CCOc2cccc(F)c2)c1. The predicted molar refractivity (Wildman–Crippen MR) is 85.6 cm³/mol. The monoisotopic (exact) mass is 298 g/mol. The van der Waals surface area contributed by atoms with E-state index in [0.29, 0.717) is 18.8 Å². The highest BCUT2D eigenvalue weighted by atomic mass is 19.1. The van der Waals surface area contributed by atoms with Gasteiger partial charge in [0.25, 0.3) is 0 Å². The molecule has 2 rings (SSSR count). The summed E-state index contributed by atoms with van der Waals surface area (Å²) in [6, 6.07) is 16.2. The Labute approximate surface area is 130 Å². The zero-order chi connectivity index (χ0) is 15.9. The van der Waals surface area contributed by atoms with E-state index in [1.54, 1.807) is 12.1 Å². The van der Waals surface area contributed by atoms with Gasteiger partial charge in [-0.2, -0.15) is 5.26 Å². The van der Waals surface area contributed by atoms with Gasteiger partial charge in [0.05, 0.1) is 18.6 Å². The smallest absolute Gasteiger partial charge is 0.126 e. The molecular weight excluding hydrogens is 279 g/mol. The van der Waals surface area contributed by atoms with Gasteiger partial charge in [-0.15, -0.1) is 0 Å². The Morgan fingerprint density at radius 1 is 1.18 bits per heavy atom. The molecule has 0 spiro atoms. The molecule has 0 amide bonds. The van der Waals surface area contributed by atoms with E-state index in [0.717, 1.165) is 11.3 Å². The van der Waals surface area contributed by atoms with Crippen LogP contribution in [0.5, 0.6) is 5.75 Å². The summed E-state index contributed by atoms with van der Waals surface area (Å²) in [5.41, 5.74) is 2.03. The largest absolute Gasteiger partial charge is 0.493 e. The van der Waals surface area contributed by atoms with Crippen LogP contribution in [0.3, 0.4) is 0 Å². The Hall–Kier alpha value is -2.54. The second-order valence-corrected chi connectivity index (χ2v) is 5.27. The van der Waals surface area contributed by atoms with Crippen molar-refractivity contribution in [3.63, 3.8) is 0 Å². The van der Waals surface area contributed by atoms with Gasteiger partial charge >= 0.3 is 0 Å². The zero-order valence-corrected chi connectivity index (χ0v) is 12.8. The number of nitriles is 1. The molecule has 2 aromatic carbocycles. The molecule has 0 heterocycles. The first-order valence-electron chi connectivity index (χ1n) is 7.15. The van der Waals surface area contributed by atoms with Gasteiger partial charge < -0.3 is 9.64 Å². The average molecular weight is 298 g/mol. The summed E-state index contributed by atoms with van der Waals surface area (Å²) in [5, 5.41) is 9.37. The standard InChI is InChI=1S/C18H19FN2O/c1-21(2)17-7-3-5-14(11-17)15(13-20)9-10-22-18-8-4-6-16(19)12-18/h3-8,11-12,15H,9-10H2,1-2H3. The molecule has 0 aromatic heterocycles. The Kier molecular flexibility index (Phi) is 5.37. The number of nitrogens with zero attached hydrogens (tertiary/aromatic N) is 2. The highest BCUT2D eigenvalue weighted by Crippen LogP contribution is 2.23. The number of anilines is 1. The molecule has 0 fully saturated rings. The average Bonchev–Trinajstić information content (AvgIpc) is 2.52. The van der Waals surface area contributed by atoms with Gasteiger partial charge in [0.15, 0.2) is 0 Å². The number of halogens is 1. The van der Waals surface area contributed by atoms with Crippen LogP contribution >= 0.6 is 0 Å². The Bertz CT molecular complexity index is 664. The third kappa shape index (κ3) is 4.23. The van der Waals surface area contributed by atoms with Crippen molar-refractivity contribution in [3.8, 4) is 11.8 Å². The van der Waals surface area contributed by atoms with Gasteiger partial charge in [0.2, 0.25) is 0 Å². The minimum absolute atomic E-state index is 0.242. The first-order valence-corrected chi connectivity index (χ1v) is 7.15. The van der Waals surface area contributed by atoms with Crippen molar-refractivity contribution in [1.82, 2.24) is 0 Å². The lowest BCUT2D eigenvalue weighted by Gasteiger charge is -2.16. The first-order chi connectivity index (χ1) is 10.6. The van der Waals surface area contributed by atoms with Crippen molar-refractivity contribution in [1.29, 1.82) is 5.26 Å². The maximum absolute atomic E-state index is 13.1. The van der Waals surface area contributed by atoms with E-state index >= 15 is 0 Å². The van der Waals surface area contributed by atoms with Crippen molar-refractivity contribution in [2.24, 2.45) is 0 Å². The minimum atomic E-state index is -0.326. The molecule has 1 unspecified atom stereocenters. The number of benzene rings is 2. The van der Waals surface area contributed by atoms with Crippen molar-refractivity contribution in [2.75, 3.05) is 25.6 Å². The van der Waals surface area contributed by atoms with Crippen molar-refractivity contribution in [3.05, 3.63) is 59.9 Å². The van der Waals surface area contributed by atoms with Crippen LogP contribution in [-0.4, -0.2) is 20.7 Å². The lowest BCUT2D eigenvalue weighted by molar-refractivity contribution is 0.304. The van der Waals surface area contributed by atoms with Gasteiger partial charge in [0.1, 0.15) is 11.6 Å². The zero-order valence-electron chi connectivity index (χ0n) is 12.8. The van der Waals surface area contributed by atoms with Gasteiger partial charge in [-0.05, 0) is 29.8 Å². The number of ether oxygens (including phenoxy) is 1. The van der Waals surface area contributed by atoms with Gasteiger partial charge in [-0.25, -0.2) is 4.39 Å². The lowest BCUT2D eigenvalue weighted by atomic mass is 9.97. The highest BCUT2D eigenvalue weighted by Gasteiger charge is 2.12. The first kappa shape index (κ1) is 15.8. The molecule has 0 radical (unpaired) electrons. The van der Waals surface area contributed by atoms with Crippen LogP contribution in [0.1, 0.15) is 17.9 Å². The quantitative estimate of drug-likeness (QED) is 0.809. The van der Waals surface area contributed by atoms with Crippen molar-refractivity contribution < 1.29 is 9.13 Å². The Morgan fingerprint density at radius 2 is 1.95 bits per heavy atom. The third-order valence-electron chi connectivity index (χ3n) is 3.42. The summed E-state index contributed by atoms with van der Waals surface area (Å²) in [5.74, 6) is -0.0831. The summed E-state index contributed by atoms with van der Waals surface area (Å²) < 4.78 is 18.6. The minimum Gasteiger partial charge on any atom is -0.493 e. The van der Waals surface area contributed by atoms with E-state index in [4.69, 9.17) is 4.74 Å². The maximum atomic E-state index is 13.1. The molecule has 2 aromatic rings. The molecule has 0 aliphatic carbocycles. The second kappa shape index (κ2) is 7.46. The molecule has 0 saturated carbocycles. The van der Waals surface area contributed by atoms with Gasteiger partial charge in [-0.1, -0.05) is 18.2 Å². The molecule has 4 heteroatoms. The van der Waals surface area contributed by atoms with E-state index in [1.165, 1.54) is 12.1 Å². The summed E-state index contributed by atoms with van der Waals surface area (Å²) in [6.07, 6.45) is 0.559. The van der Waals surface area contributed by atoms with E-state index < -0.39 is 0 Å². The van der Waals surface area contributed by atoms with Crippen molar-refractivity contribution >= 4 is 5.69 Å². The number of hydrogen-bond acceptors (Lipinski definition) is 3. The Morgan fingerprint density at radius 3 is 2.64 bits per heavy atom. The van der Waals surface area contributed by atoms with E-state index in [2.05, 4.69) is 6.07 Å². The molecule has 22 heavy (non-hydrogen) atoms. The molecule has 0 bridgehead atoms. The van der Waals surface area contributed by atoms with Crippen LogP contribution in [0.2, 0.25) is 0 Å². The molecular formula is C18H19FN2O. The van der Waals surface area contributed by atoms with Crippen molar-refractivity contribution in [2.45, 2.75) is 12.3 Å². The molecule has 114 valence electrons. The fourth-order valence-electron chi connectivity index (χ4n) is 2.18. The van der Waals surface area contributed by atoms with Crippen LogP contribution < -0.4 is 9.64 Å². The normalized spacial score (nSPS) is 11.5. The molecule has 0 aliphatic rings. The highest BCUT2D eigenvalue weighted by molar-refractivity contribution is 5.48. The van der Waals surface area contributed by atoms with Crippen LogP contribution in [0, 0.1) is 17.1 Å². The van der Waals surface area contributed by atoms with Crippen LogP contribution in [0.25, 0.3) is 0 Å². The molecule has 0 saturated heterocycles. The fraction of sp³-hybridized carbons (Fsp3) is 0.278. The van der Waals surface area contributed by atoms with E-state index in [-0.39, 0.29) is 11.7 Å². The maximum Gasteiger partial charge on any atom is 0.126 e. The van der Waals surface area contributed by atoms with Crippen LogP contribution in [0.4, 0.5) is 10.1 Å². The molecule has 1 atom stereocenters. The van der Waals surface area contributed by atoms with E-state index in [9.17, 15) is 9.65 Å². The van der Waals surface area contributed by atoms with Gasteiger partial charge in [-0.3, -0.25) is 0 Å². The summed E-state index contributed by atoms with van der Waals surface area (Å²) in [4.78, 5) is 2.00. The summed E-state index contributed by atoms with van der Waals surface area (Å²) in [6.45, 7) is 0.369. The van der Waals surface area contributed by atoms with Gasteiger partial charge in [0, 0.05) is 32.3 Å². The topological polar surface area (TPSA) is 36.3 Å². The number of hydrogen-bond donors (Lipinski definition) is 0. The van der Waals surface area contributed by atoms with Crippen LogP contribution in [0.15, 0.2) is 48.5 Å². The molecule has 0 N–H and O–H groups in total. The summed E-state index contributed by atoms with van der Waals surface area (Å²) in [7, 11) is 3.93. The number of rotatable bonds is 6. The van der Waals surface area contributed by atoms with E-state index in [1.807, 2.05) is 43.3 Å². The Balaban J connectivity index is 1.98. The summed E-state index contributed by atoms with van der Waals surface area (Å²) >= 11 is 0. The molecule has 3 nitrogen and oxygen atoms in total.